The number of thiophene rings is 1. The van der Waals surface area contributed by atoms with E-state index in [0.717, 1.165) is 44.2 Å². The van der Waals surface area contributed by atoms with Gasteiger partial charge in [0.05, 0.1) is 11.4 Å². The van der Waals surface area contributed by atoms with Gasteiger partial charge in [0.25, 0.3) is 5.91 Å². The number of rotatable bonds is 4. The molecule has 4 aromatic carbocycles. The number of nitrogens with one attached hydrogen (secondary N) is 1. The van der Waals surface area contributed by atoms with Crippen molar-refractivity contribution in [3.05, 3.63) is 113 Å². The fraction of sp³-hybridized carbons (Fsp3) is 0.0323. The van der Waals surface area contributed by atoms with Crippen molar-refractivity contribution >= 4 is 61.2 Å². The van der Waals surface area contributed by atoms with Gasteiger partial charge in [-0.1, -0.05) is 96.0 Å². The second-order valence-corrected chi connectivity index (χ2v) is 10.3. The molecule has 0 aliphatic heterocycles. The quantitative estimate of drug-likeness (QED) is 0.245. The van der Waals surface area contributed by atoms with Crippen molar-refractivity contribution in [2.45, 2.75) is 6.92 Å². The van der Waals surface area contributed by atoms with Crippen LogP contribution >= 0.6 is 22.9 Å². The first kappa shape index (κ1) is 23.2. The van der Waals surface area contributed by atoms with E-state index in [1.54, 1.807) is 0 Å². The van der Waals surface area contributed by atoms with Crippen molar-refractivity contribution in [2.75, 3.05) is 11.1 Å². The summed E-state index contributed by atoms with van der Waals surface area (Å²) in [7, 11) is 0. The van der Waals surface area contributed by atoms with Crippen molar-refractivity contribution < 1.29 is 4.79 Å². The third-order valence-corrected chi connectivity index (χ3v) is 7.88. The molecular weight excluding hydrogens is 498 g/mol. The third-order valence-electron chi connectivity index (χ3n) is 6.45. The minimum absolute atomic E-state index is 0.265. The second-order valence-electron chi connectivity index (χ2n) is 8.91. The van der Waals surface area contributed by atoms with E-state index in [9.17, 15) is 4.79 Å². The van der Waals surface area contributed by atoms with E-state index < -0.39 is 0 Å². The number of aryl methyl sites for hydroxylation is 1. The Bertz CT molecular complexity index is 1800. The van der Waals surface area contributed by atoms with Gasteiger partial charge >= 0.3 is 0 Å². The molecule has 180 valence electrons. The van der Waals surface area contributed by atoms with Gasteiger partial charge in [-0.15, -0.1) is 11.3 Å². The van der Waals surface area contributed by atoms with Gasteiger partial charge in [0, 0.05) is 32.6 Å². The molecule has 0 spiro atoms. The summed E-state index contributed by atoms with van der Waals surface area (Å²) in [6, 6.07) is 31.6. The summed E-state index contributed by atoms with van der Waals surface area (Å²) in [6.45, 7) is 2.05. The zero-order valence-electron chi connectivity index (χ0n) is 20.0. The Kier molecular flexibility index (Phi) is 5.87. The molecule has 6 aromatic rings. The summed E-state index contributed by atoms with van der Waals surface area (Å²) in [4.78, 5) is 19.6. The highest BCUT2D eigenvalue weighted by Gasteiger charge is 2.23. The lowest BCUT2D eigenvalue weighted by Gasteiger charge is -2.11. The van der Waals surface area contributed by atoms with Crippen LogP contribution in [0.3, 0.4) is 0 Å². The number of aromatic nitrogens is 1. The van der Waals surface area contributed by atoms with E-state index >= 15 is 0 Å². The summed E-state index contributed by atoms with van der Waals surface area (Å²) < 4.78 is 0. The van der Waals surface area contributed by atoms with Gasteiger partial charge in [0.15, 0.2) is 0 Å². The van der Waals surface area contributed by atoms with Crippen LogP contribution in [0.4, 0.5) is 11.4 Å². The first-order chi connectivity index (χ1) is 18.0. The maximum Gasteiger partial charge on any atom is 0.267 e. The number of amides is 1. The third kappa shape index (κ3) is 4.22. The van der Waals surface area contributed by atoms with E-state index in [1.807, 2.05) is 84.9 Å². The maximum absolute atomic E-state index is 13.5. The molecule has 0 radical (unpaired) electrons. The van der Waals surface area contributed by atoms with Crippen LogP contribution in [0.1, 0.15) is 15.2 Å². The van der Waals surface area contributed by atoms with Crippen LogP contribution in [0.2, 0.25) is 5.02 Å². The van der Waals surface area contributed by atoms with E-state index in [-0.39, 0.29) is 5.91 Å². The Morgan fingerprint density at radius 2 is 1.62 bits per heavy atom. The molecule has 2 aromatic heterocycles. The average molecular weight is 520 g/mol. The molecule has 37 heavy (non-hydrogen) atoms. The number of carbonyl (C=O) groups is 1. The highest BCUT2D eigenvalue weighted by atomic mass is 35.5. The minimum Gasteiger partial charge on any atom is -0.397 e. The normalized spacial score (nSPS) is 11.2. The number of nitrogens with zero attached hydrogens (tertiary/aromatic N) is 1. The molecule has 0 fully saturated rings. The molecule has 0 aliphatic carbocycles. The van der Waals surface area contributed by atoms with Crippen LogP contribution in [-0.4, -0.2) is 10.9 Å². The van der Waals surface area contributed by atoms with Crippen molar-refractivity contribution in [3.63, 3.8) is 0 Å². The lowest BCUT2D eigenvalue weighted by atomic mass is 9.99. The van der Waals surface area contributed by atoms with Crippen LogP contribution in [-0.2, 0) is 0 Å². The fourth-order valence-corrected chi connectivity index (χ4v) is 5.82. The van der Waals surface area contributed by atoms with Crippen LogP contribution < -0.4 is 11.1 Å². The van der Waals surface area contributed by atoms with Crippen LogP contribution in [0, 0.1) is 6.92 Å². The predicted octanol–water partition coefficient (Wildman–Crippen LogP) is 8.58. The molecule has 0 unspecified atom stereocenters. The highest BCUT2D eigenvalue weighted by molar-refractivity contribution is 7.21. The van der Waals surface area contributed by atoms with Gasteiger partial charge < -0.3 is 11.1 Å². The summed E-state index contributed by atoms with van der Waals surface area (Å²) in [6.07, 6.45) is 0. The minimum atomic E-state index is -0.265. The van der Waals surface area contributed by atoms with Gasteiger partial charge in [0.2, 0.25) is 0 Å². The number of hydrogen-bond acceptors (Lipinski definition) is 4. The molecule has 2 heterocycles. The Morgan fingerprint density at radius 3 is 2.43 bits per heavy atom. The van der Waals surface area contributed by atoms with Crippen LogP contribution in [0.5, 0.6) is 0 Å². The van der Waals surface area contributed by atoms with Gasteiger partial charge in [-0.2, -0.15) is 0 Å². The molecule has 3 N–H and O–H groups in total. The zero-order chi connectivity index (χ0) is 25.5. The molecule has 6 rings (SSSR count). The first-order valence-electron chi connectivity index (χ1n) is 11.8. The monoisotopic (exact) mass is 519 g/mol. The Labute approximate surface area is 223 Å². The lowest BCUT2D eigenvalue weighted by Crippen LogP contribution is -2.12. The lowest BCUT2D eigenvalue weighted by molar-refractivity contribution is 0.103. The Morgan fingerprint density at radius 1 is 0.892 bits per heavy atom. The zero-order valence-corrected chi connectivity index (χ0v) is 21.5. The number of hydrogen-bond donors (Lipinski definition) is 2. The SMILES string of the molecule is Cc1ccc(-c2cc(-c3ccccc3Cl)c3c(N)c(C(=O)Nc4cccc5ccccc45)sc3n2)cc1. The van der Waals surface area contributed by atoms with Crippen molar-refractivity contribution in [1.82, 2.24) is 4.98 Å². The summed E-state index contributed by atoms with van der Waals surface area (Å²) in [5.74, 6) is -0.265. The number of halogens is 1. The smallest absolute Gasteiger partial charge is 0.267 e. The molecule has 0 saturated carbocycles. The van der Waals surface area contributed by atoms with E-state index in [4.69, 9.17) is 22.3 Å². The average Bonchev–Trinajstić information content (AvgIpc) is 3.25. The maximum atomic E-state index is 13.5. The predicted molar refractivity (Wildman–Crippen MR) is 157 cm³/mol. The summed E-state index contributed by atoms with van der Waals surface area (Å²) in [5.41, 5.74) is 12.4. The Balaban J connectivity index is 1.52. The number of fused-ring (bicyclic) bond motifs is 2. The van der Waals surface area contributed by atoms with Crippen molar-refractivity contribution in [3.8, 4) is 22.4 Å². The number of pyridine rings is 1. The van der Waals surface area contributed by atoms with Gasteiger partial charge in [-0.05, 0) is 36.1 Å². The summed E-state index contributed by atoms with van der Waals surface area (Å²) in [5, 5.41) is 6.42. The number of nitrogens with two attached hydrogens (primary N) is 1. The molecule has 0 atom stereocenters. The Hall–Kier alpha value is -4.19. The molecule has 0 bridgehead atoms. The number of nitrogen functional groups attached to an aromatic ring is 1. The molecule has 6 heteroatoms. The van der Waals surface area contributed by atoms with Crippen LogP contribution in [0.15, 0.2) is 97.1 Å². The van der Waals surface area contributed by atoms with Gasteiger partial charge in [0.1, 0.15) is 9.71 Å². The number of carbonyl (C=O) groups excluding carboxylic acids is 1. The first-order valence-corrected chi connectivity index (χ1v) is 13.0. The topological polar surface area (TPSA) is 68.0 Å². The largest absolute Gasteiger partial charge is 0.397 e. The van der Waals surface area contributed by atoms with Crippen molar-refractivity contribution in [1.29, 1.82) is 0 Å². The van der Waals surface area contributed by atoms with Crippen LogP contribution in [0.25, 0.3) is 43.4 Å². The molecular formula is C31H22ClN3OS. The fourth-order valence-electron chi connectivity index (χ4n) is 4.57. The highest BCUT2D eigenvalue weighted by Crippen LogP contribution is 2.43. The van der Waals surface area contributed by atoms with Crippen molar-refractivity contribution in [2.24, 2.45) is 0 Å². The standard InChI is InChI=1S/C31H22ClN3OS/c1-18-13-15-20(16-14-18)26-17-23(22-10-4-5-11-24(22)32)27-28(33)29(37-31(27)35-26)30(36)34-25-12-6-8-19-7-2-3-9-21(19)25/h2-17H,33H2,1H3,(H,34,36). The number of anilines is 2. The molecule has 0 saturated heterocycles. The molecule has 4 nitrogen and oxygen atoms in total. The van der Waals surface area contributed by atoms with E-state index in [1.165, 1.54) is 16.9 Å². The van der Waals surface area contributed by atoms with E-state index in [2.05, 4.69) is 24.4 Å². The van der Waals surface area contributed by atoms with Gasteiger partial charge in [-0.25, -0.2) is 4.98 Å². The molecule has 1 amide bonds. The van der Waals surface area contributed by atoms with E-state index in [0.29, 0.717) is 20.4 Å². The number of benzene rings is 4. The molecule has 0 aliphatic rings. The second kappa shape index (κ2) is 9.36. The van der Waals surface area contributed by atoms with Gasteiger partial charge in [-0.3, -0.25) is 4.79 Å². The summed E-state index contributed by atoms with van der Waals surface area (Å²) >= 11 is 7.92.